The van der Waals surface area contributed by atoms with E-state index in [1.165, 1.54) is 22.2 Å². The maximum Gasteiger partial charge on any atom is 0.332 e. The van der Waals surface area contributed by atoms with Crippen LogP contribution in [0.15, 0.2) is 35.2 Å². The van der Waals surface area contributed by atoms with Crippen LogP contribution in [0.2, 0.25) is 0 Å². The van der Waals surface area contributed by atoms with Gasteiger partial charge in [0.1, 0.15) is 6.42 Å². The number of thiazole rings is 1. The van der Waals surface area contributed by atoms with Gasteiger partial charge in [0.2, 0.25) is 5.91 Å². The van der Waals surface area contributed by atoms with Gasteiger partial charge >= 0.3 is 5.97 Å². The number of carboxylic acids is 1. The fourth-order valence-electron chi connectivity index (χ4n) is 2.24. The van der Waals surface area contributed by atoms with Crippen molar-refractivity contribution in [3.8, 4) is 0 Å². The summed E-state index contributed by atoms with van der Waals surface area (Å²) in [6, 6.07) is 5.80. The summed E-state index contributed by atoms with van der Waals surface area (Å²) >= 11 is 1.22. The summed E-state index contributed by atoms with van der Waals surface area (Å²) in [6.45, 7) is 6.09. The third kappa shape index (κ3) is 6.14. The van der Waals surface area contributed by atoms with Gasteiger partial charge < -0.3 is 10.4 Å². The first-order valence-electron chi connectivity index (χ1n) is 8.70. The Bertz CT molecular complexity index is 805. The second kappa shape index (κ2) is 9.95. The normalized spacial score (nSPS) is 11.9. The van der Waals surface area contributed by atoms with E-state index >= 15 is 0 Å². The van der Waals surface area contributed by atoms with Crippen LogP contribution in [0.1, 0.15) is 37.6 Å². The maximum absolute atomic E-state index is 12.7. The molecule has 0 fully saturated rings. The molecule has 1 atom stereocenters. The summed E-state index contributed by atoms with van der Waals surface area (Å²) in [5.74, 6) is -2.39. The number of anilines is 1. The number of nitrogens with zero attached hydrogens (tertiary/aromatic N) is 2. The number of aryl methyl sites for hydroxylation is 1. The van der Waals surface area contributed by atoms with Crippen LogP contribution in [-0.4, -0.2) is 34.5 Å². The van der Waals surface area contributed by atoms with E-state index in [9.17, 15) is 19.5 Å². The van der Waals surface area contributed by atoms with Gasteiger partial charge in [0.25, 0.3) is 5.91 Å². The first-order valence-corrected chi connectivity index (χ1v) is 9.65. The quantitative estimate of drug-likeness (QED) is 0.490. The number of benzene rings is 1. The van der Waals surface area contributed by atoms with Gasteiger partial charge in [-0.2, -0.15) is 5.06 Å². The minimum atomic E-state index is -1.31. The van der Waals surface area contributed by atoms with Crippen molar-refractivity contribution in [1.29, 1.82) is 0 Å². The van der Waals surface area contributed by atoms with E-state index in [0.29, 0.717) is 5.69 Å². The monoisotopic (exact) mass is 405 g/mol. The molecule has 1 unspecified atom stereocenters. The van der Waals surface area contributed by atoms with Gasteiger partial charge in [0, 0.05) is 5.38 Å². The Hall–Kier alpha value is -2.78. The van der Waals surface area contributed by atoms with Crippen LogP contribution in [0.5, 0.6) is 0 Å². The maximum atomic E-state index is 12.7. The van der Waals surface area contributed by atoms with Gasteiger partial charge in [-0.1, -0.05) is 31.5 Å². The molecule has 0 spiro atoms. The molecule has 2 rings (SSSR count). The first-order chi connectivity index (χ1) is 13.3. The number of hydrogen-bond acceptors (Lipinski definition) is 6. The molecule has 1 heterocycles. The number of aromatic nitrogens is 1. The van der Waals surface area contributed by atoms with Crippen molar-refractivity contribution < 1.29 is 24.3 Å². The molecule has 0 aliphatic carbocycles. The Morgan fingerprint density at radius 3 is 2.46 bits per heavy atom. The van der Waals surface area contributed by atoms with Crippen LogP contribution >= 0.6 is 11.3 Å². The number of amides is 2. The number of carboxylic acid groups (broad SMARTS) is 1. The van der Waals surface area contributed by atoms with Crippen LogP contribution in [0.4, 0.5) is 5.69 Å². The minimum Gasteiger partial charge on any atom is -0.479 e. The first kappa shape index (κ1) is 21.5. The average Bonchev–Trinajstić information content (AvgIpc) is 3.15. The summed E-state index contributed by atoms with van der Waals surface area (Å²) in [6.07, 6.45) is -0.556. The van der Waals surface area contributed by atoms with E-state index in [-0.39, 0.29) is 18.2 Å². The molecular weight excluding hydrogens is 382 g/mol. The van der Waals surface area contributed by atoms with E-state index < -0.39 is 30.2 Å². The molecule has 0 radical (unpaired) electrons. The van der Waals surface area contributed by atoms with E-state index in [1.807, 2.05) is 32.9 Å². The van der Waals surface area contributed by atoms with E-state index in [0.717, 1.165) is 10.6 Å². The third-order valence-corrected chi connectivity index (χ3v) is 4.25. The van der Waals surface area contributed by atoms with Crippen molar-refractivity contribution in [3.05, 3.63) is 46.4 Å². The fraction of sp³-hybridized carbons (Fsp3) is 0.368. The van der Waals surface area contributed by atoms with Gasteiger partial charge in [0.05, 0.1) is 23.5 Å². The summed E-state index contributed by atoms with van der Waals surface area (Å²) in [7, 11) is 0. The standard InChI is InChI=1S/C19H23N3O5S/c1-12(2)9-27-22(14-6-4-13(3)5-7-14)17(24)8-16(23)21-18(19(25)26)15-10-28-11-20-15/h4-7,10-12,18H,8-9H2,1-3H3,(H,21,23)(H,25,26). The zero-order valence-electron chi connectivity index (χ0n) is 15.9. The van der Waals surface area contributed by atoms with Crippen LogP contribution < -0.4 is 10.4 Å². The molecule has 0 aliphatic rings. The number of rotatable bonds is 9. The zero-order valence-corrected chi connectivity index (χ0v) is 16.7. The molecule has 0 aliphatic heterocycles. The molecule has 2 amide bonds. The summed E-state index contributed by atoms with van der Waals surface area (Å²) in [5, 5.41) is 14.3. The molecule has 9 heteroatoms. The van der Waals surface area contributed by atoms with E-state index in [4.69, 9.17) is 4.84 Å². The fourth-order valence-corrected chi connectivity index (χ4v) is 2.82. The molecule has 150 valence electrons. The molecule has 0 saturated heterocycles. The highest BCUT2D eigenvalue weighted by Crippen LogP contribution is 2.18. The summed E-state index contributed by atoms with van der Waals surface area (Å²) in [4.78, 5) is 45.9. The highest BCUT2D eigenvalue weighted by atomic mass is 32.1. The van der Waals surface area contributed by atoms with Crippen LogP contribution in [-0.2, 0) is 19.2 Å². The van der Waals surface area contributed by atoms with Crippen molar-refractivity contribution in [1.82, 2.24) is 10.3 Å². The lowest BCUT2D eigenvalue weighted by atomic mass is 10.2. The minimum absolute atomic E-state index is 0.177. The van der Waals surface area contributed by atoms with Crippen molar-refractivity contribution in [2.75, 3.05) is 11.7 Å². The Kier molecular flexibility index (Phi) is 7.65. The van der Waals surface area contributed by atoms with Gasteiger partial charge in [-0.15, -0.1) is 11.3 Å². The number of nitrogens with one attached hydrogen (secondary N) is 1. The number of aliphatic carboxylic acids is 1. The zero-order chi connectivity index (χ0) is 20.7. The number of hydrogen-bond donors (Lipinski definition) is 2. The SMILES string of the molecule is Cc1ccc(N(OCC(C)C)C(=O)CC(=O)NC(C(=O)O)c2cscn2)cc1. The lowest BCUT2D eigenvalue weighted by Gasteiger charge is -2.23. The molecule has 0 bridgehead atoms. The molecular formula is C19H23N3O5S. The molecule has 1 aromatic carbocycles. The van der Waals surface area contributed by atoms with Crippen LogP contribution in [0.3, 0.4) is 0 Å². The Morgan fingerprint density at radius 2 is 1.93 bits per heavy atom. The number of carbonyl (C=O) groups is 3. The van der Waals surface area contributed by atoms with E-state index in [2.05, 4.69) is 10.3 Å². The average molecular weight is 405 g/mol. The third-order valence-electron chi connectivity index (χ3n) is 3.64. The largest absolute Gasteiger partial charge is 0.479 e. The van der Waals surface area contributed by atoms with Gasteiger partial charge in [-0.3, -0.25) is 14.4 Å². The highest BCUT2D eigenvalue weighted by Gasteiger charge is 2.27. The summed E-state index contributed by atoms with van der Waals surface area (Å²) < 4.78 is 0. The van der Waals surface area contributed by atoms with Gasteiger partial charge in [-0.25, -0.2) is 9.78 Å². The van der Waals surface area contributed by atoms with Gasteiger partial charge in [-0.05, 0) is 25.0 Å². The smallest absolute Gasteiger partial charge is 0.332 e. The molecule has 8 nitrogen and oxygen atoms in total. The Labute approximate surface area is 167 Å². The van der Waals surface area contributed by atoms with E-state index in [1.54, 1.807) is 12.1 Å². The topological polar surface area (TPSA) is 109 Å². The van der Waals surface area contributed by atoms with Crippen molar-refractivity contribution in [3.63, 3.8) is 0 Å². The Balaban J connectivity index is 2.09. The molecule has 2 aromatic rings. The predicted octanol–water partition coefficient (Wildman–Crippen LogP) is 2.70. The van der Waals surface area contributed by atoms with Crippen molar-refractivity contribution in [2.24, 2.45) is 5.92 Å². The van der Waals surface area contributed by atoms with Gasteiger partial charge in [0.15, 0.2) is 6.04 Å². The summed E-state index contributed by atoms with van der Waals surface area (Å²) in [5.41, 5.74) is 3.20. The Morgan fingerprint density at radius 1 is 1.25 bits per heavy atom. The second-order valence-corrected chi connectivity index (χ2v) is 7.36. The lowest BCUT2D eigenvalue weighted by Crippen LogP contribution is -2.39. The van der Waals surface area contributed by atoms with Crippen LogP contribution in [0, 0.1) is 12.8 Å². The highest BCUT2D eigenvalue weighted by molar-refractivity contribution is 7.07. The molecule has 1 aromatic heterocycles. The predicted molar refractivity (Wildman–Crippen MR) is 105 cm³/mol. The second-order valence-electron chi connectivity index (χ2n) is 6.64. The van der Waals surface area contributed by atoms with Crippen molar-refractivity contribution in [2.45, 2.75) is 33.2 Å². The lowest BCUT2D eigenvalue weighted by molar-refractivity contribution is -0.143. The molecule has 0 saturated carbocycles. The molecule has 2 N–H and O–H groups in total. The molecule has 28 heavy (non-hydrogen) atoms. The van der Waals surface area contributed by atoms with Crippen molar-refractivity contribution >= 4 is 34.8 Å². The van der Waals surface area contributed by atoms with Crippen LogP contribution in [0.25, 0.3) is 0 Å². The number of hydroxylamine groups is 1. The number of carbonyl (C=O) groups excluding carboxylic acids is 2.